The molecule has 1 heterocycles. The van der Waals surface area contributed by atoms with Crippen LogP contribution in [0.3, 0.4) is 0 Å². The summed E-state index contributed by atoms with van der Waals surface area (Å²) in [5.74, 6) is -0.927. The van der Waals surface area contributed by atoms with Crippen LogP contribution < -0.4 is 10.6 Å². The van der Waals surface area contributed by atoms with E-state index in [9.17, 15) is 9.59 Å². The summed E-state index contributed by atoms with van der Waals surface area (Å²) in [4.78, 5) is 25.5. The van der Waals surface area contributed by atoms with E-state index < -0.39 is 5.92 Å². The molecule has 0 saturated heterocycles. The summed E-state index contributed by atoms with van der Waals surface area (Å²) < 4.78 is 0. The van der Waals surface area contributed by atoms with Crippen molar-refractivity contribution in [3.8, 4) is 11.1 Å². The van der Waals surface area contributed by atoms with Crippen molar-refractivity contribution in [1.82, 2.24) is 5.32 Å². The van der Waals surface area contributed by atoms with Gasteiger partial charge in [0.2, 0.25) is 11.8 Å². The van der Waals surface area contributed by atoms with Gasteiger partial charge in [0.05, 0.1) is 5.92 Å². The second-order valence-corrected chi connectivity index (χ2v) is 7.22. The van der Waals surface area contributed by atoms with Crippen LogP contribution in [0.2, 0.25) is 5.02 Å². The maximum absolute atomic E-state index is 12.9. The fourth-order valence-corrected chi connectivity index (χ4v) is 3.68. The zero-order valence-corrected chi connectivity index (χ0v) is 15.9. The van der Waals surface area contributed by atoms with Crippen LogP contribution in [-0.2, 0) is 16.1 Å². The molecule has 1 aliphatic rings. The van der Waals surface area contributed by atoms with Crippen LogP contribution in [0, 0.1) is 0 Å². The van der Waals surface area contributed by atoms with Crippen LogP contribution in [0.4, 0.5) is 5.69 Å². The average Bonchev–Trinajstić information content (AvgIpc) is 2.83. The van der Waals surface area contributed by atoms with Gasteiger partial charge < -0.3 is 10.6 Å². The van der Waals surface area contributed by atoms with Crippen LogP contribution in [-0.4, -0.2) is 11.8 Å². The molecule has 1 atom stereocenters. The summed E-state index contributed by atoms with van der Waals surface area (Å²) in [6, 6.07) is 22.7. The van der Waals surface area contributed by atoms with Gasteiger partial charge in [-0.3, -0.25) is 9.59 Å². The van der Waals surface area contributed by atoms with Gasteiger partial charge in [-0.05, 0) is 34.9 Å². The normalized spacial score (nSPS) is 15.0. The smallest absolute Gasteiger partial charge is 0.232 e. The highest BCUT2D eigenvalue weighted by atomic mass is 35.5. The van der Waals surface area contributed by atoms with Crippen molar-refractivity contribution < 1.29 is 9.59 Å². The first-order valence-corrected chi connectivity index (χ1v) is 9.50. The Bertz CT molecular complexity index is 1030. The lowest BCUT2D eigenvalue weighted by Crippen LogP contribution is -2.29. The molecule has 0 saturated carbocycles. The average molecular weight is 391 g/mol. The van der Waals surface area contributed by atoms with Crippen molar-refractivity contribution in [2.45, 2.75) is 18.9 Å². The molecule has 0 aliphatic carbocycles. The maximum Gasteiger partial charge on any atom is 0.232 e. The van der Waals surface area contributed by atoms with Crippen molar-refractivity contribution in [2.24, 2.45) is 0 Å². The lowest BCUT2D eigenvalue weighted by molar-refractivity contribution is -0.125. The van der Waals surface area contributed by atoms with E-state index in [1.807, 2.05) is 60.7 Å². The quantitative estimate of drug-likeness (QED) is 0.675. The molecule has 0 spiro atoms. The number of carbonyl (C=O) groups excluding carboxylic acids is 2. The fraction of sp³-hybridized carbons (Fsp3) is 0.130. The van der Waals surface area contributed by atoms with Crippen molar-refractivity contribution in [3.63, 3.8) is 0 Å². The third-order valence-corrected chi connectivity index (χ3v) is 5.14. The van der Waals surface area contributed by atoms with Gasteiger partial charge in [0, 0.05) is 29.2 Å². The Hall–Kier alpha value is -3.11. The van der Waals surface area contributed by atoms with E-state index in [0.717, 1.165) is 22.3 Å². The molecule has 2 N–H and O–H groups in total. The van der Waals surface area contributed by atoms with E-state index in [2.05, 4.69) is 10.6 Å². The number of anilines is 1. The van der Waals surface area contributed by atoms with Gasteiger partial charge in [0.25, 0.3) is 0 Å². The molecule has 0 bridgehead atoms. The standard InChI is InChI=1S/C23H19ClN2O2/c24-16-10-11-21-19(12-16)17-8-4-5-9-18(17)20(23(28)26-21)13-22(27)25-14-15-6-2-1-3-7-15/h1-12,20H,13-14H2,(H,25,27)(H,26,28). The third-order valence-electron chi connectivity index (χ3n) is 4.90. The molecule has 1 unspecified atom stereocenters. The molecule has 4 rings (SSSR count). The zero-order chi connectivity index (χ0) is 19.5. The first-order chi connectivity index (χ1) is 13.6. The van der Waals surface area contributed by atoms with Crippen LogP contribution in [0.1, 0.15) is 23.5 Å². The van der Waals surface area contributed by atoms with E-state index in [1.54, 1.807) is 12.1 Å². The molecule has 0 aromatic heterocycles. The molecule has 5 heteroatoms. The Morgan fingerprint density at radius 3 is 2.54 bits per heavy atom. The number of nitrogens with one attached hydrogen (secondary N) is 2. The minimum absolute atomic E-state index is 0.0808. The van der Waals surface area contributed by atoms with E-state index in [0.29, 0.717) is 17.3 Å². The van der Waals surface area contributed by atoms with Crippen molar-refractivity contribution in [2.75, 3.05) is 5.32 Å². The molecule has 3 aromatic carbocycles. The lowest BCUT2D eigenvalue weighted by atomic mass is 9.89. The largest absolute Gasteiger partial charge is 0.352 e. The number of amides is 2. The first-order valence-electron chi connectivity index (χ1n) is 9.12. The Kier molecular flexibility index (Phi) is 5.13. The van der Waals surface area contributed by atoms with Crippen LogP contribution in [0.5, 0.6) is 0 Å². The Labute approximate surface area is 168 Å². The van der Waals surface area contributed by atoms with E-state index in [4.69, 9.17) is 11.6 Å². The van der Waals surface area contributed by atoms with Gasteiger partial charge in [0.1, 0.15) is 0 Å². The summed E-state index contributed by atoms with van der Waals surface area (Å²) in [5.41, 5.74) is 4.33. The van der Waals surface area contributed by atoms with Crippen LogP contribution >= 0.6 is 11.6 Å². The number of halogens is 1. The number of hydrogen-bond donors (Lipinski definition) is 2. The summed E-state index contributed by atoms with van der Waals surface area (Å²) in [5, 5.41) is 6.46. The molecular weight excluding hydrogens is 372 g/mol. The Morgan fingerprint density at radius 1 is 0.964 bits per heavy atom. The highest BCUT2D eigenvalue weighted by Gasteiger charge is 2.30. The first kappa shape index (κ1) is 18.3. The second kappa shape index (κ2) is 7.87. The molecule has 3 aromatic rings. The number of rotatable bonds is 4. The highest BCUT2D eigenvalue weighted by Crippen LogP contribution is 2.40. The highest BCUT2D eigenvalue weighted by molar-refractivity contribution is 6.31. The van der Waals surface area contributed by atoms with Gasteiger partial charge in [-0.15, -0.1) is 0 Å². The lowest BCUT2D eigenvalue weighted by Gasteiger charge is -2.16. The summed E-state index contributed by atoms with van der Waals surface area (Å²) in [7, 11) is 0. The second-order valence-electron chi connectivity index (χ2n) is 6.79. The van der Waals surface area contributed by atoms with Crippen LogP contribution in [0.15, 0.2) is 72.8 Å². The number of benzene rings is 3. The SMILES string of the molecule is O=C(CC1C(=O)Nc2ccc(Cl)cc2-c2ccccc21)NCc1ccccc1. The number of hydrogen-bond acceptors (Lipinski definition) is 2. The minimum Gasteiger partial charge on any atom is -0.352 e. The third kappa shape index (κ3) is 3.78. The molecule has 1 aliphatic heterocycles. The molecule has 4 nitrogen and oxygen atoms in total. The van der Waals surface area contributed by atoms with Gasteiger partial charge in [-0.2, -0.15) is 0 Å². The van der Waals surface area contributed by atoms with Crippen LogP contribution in [0.25, 0.3) is 11.1 Å². The molecule has 28 heavy (non-hydrogen) atoms. The molecule has 0 fully saturated rings. The molecule has 140 valence electrons. The molecule has 2 amide bonds. The van der Waals surface area contributed by atoms with Gasteiger partial charge in [-0.1, -0.05) is 66.2 Å². The topological polar surface area (TPSA) is 58.2 Å². The molecule has 0 radical (unpaired) electrons. The van der Waals surface area contributed by atoms with E-state index >= 15 is 0 Å². The monoisotopic (exact) mass is 390 g/mol. The van der Waals surface area contributed by atoms with E-state index in [1.165, 1.54) is 0 Å². The summed E-state index contributed by atoms with van der Waals surface area (Å²) in [6.45, 7) is 0.436. The molecular formula is C23H19ClN2O2. The van der Waals surface area contributed by atoms with E-state index in [-0.39, 0.29) is 18.2 Å². The van der Waals surface area contributed by atoms with Gasteiger partial charge >= 0.3 is 0 Å². The van der Waals surface area contributed by atoms with Gasteiger partial charge in [-0.25, -0.2) is 0 Å². The minimum atomic E-state index is -0.571. The zero-order valence-electron chi connectivity index (χ0n) is 15.1. The predicted octanol–water partition coefficient (Wildman–Crippen LogP) is 4.75. The fourth-order valence-electron chi connectivity index (χ4n) is 3.51. The van der Waals surface area contributed by atoms with Crippen molar-refractivity contribution in [1.29, 1.82) is 0 Å². The summed E-state index contributed by atoms with van der Waals surface area (Å²) >= 11 is 6.18. The predicted molar refractivity (Wildman–Crippen MR) is 111 cm³/mol. The van der Waals surface area contributed by atoms with Gasteiger partial charge in [0.15, 0.2) is 0 Å². The Balaban J connectivity index is 1.60. The number of carbonyl (C=O) groups is 2. The number of fused-ring (bicyclic) bond motifs is 3. The summed E-state index contributed by atoms with van der Waals surface area (Å²) in [6.07, 6.45) is 0.0808. The van der Waals surface area contributed by atoms with Crippen molar-refractivity contribution >= 4 is 29.1 Å². The maximum atomic E-state index is 12.9. The Morgan fingerprint density at radius 2 is 1.71 bits per heavy atom. The van der Waals surface area contributed by atoms with Crippen molar-refractivity contribution in [3.05, 3.63) is 88.9 Å².